The normalized spacial score (nSPS) is 14.0. The van der Waals surface area contributed by atoms with Gasteiger partial charge in [-0.15, -0.1) is 0 Å². The van der Waals surface area contributed by atoms with E-state index < -0.39 is 8.17 Å². The average Bonchev–Trinajstić information content (AvgIpc) is 1.59. The van der Waals surface area contributed by atoms with Crippen molar-refractivity contribution >= 4 is 8.17 Å². The third-order valence-corrected chi connectivity index (χ3v) is 0.978. The molecular weight excluding hydrogens is 135 g/mol. The molecule has 0 aromatic rings. The zero-order valence-electron chi connectivity index (χ0n) is 4.11. The van der Waals surface area contributed by atoms with E-state index in [1.807, 2.05) is 0 Å². The Hall–Kier alpha value is 0.230. The van der Waals surface area contributed by atoms with E-state index in [4.69, 9.17) is 19.8 Å². The fourth-order valence-corrected chi connectivity index (χ4v) is 0.548. The van der Waals surface area contributed by atoms with E-state index in [9.17, 15) is 0 Å². The second-order valence-electron chi connectivity index (χ2n) is 1.15. The molecule has 5 nitrogen and oxygen atoms in total. The van der Waals surface area contributed by atoms with Crippen molar-refractivity contribution < 1.29 is 24.3 Å². The number of aliphatic hydroxyl groups is 1. The van der Waals surface area contributed by atoms with Gasteiger partial charge in [0.15, 0.2) is 0 Å². The summed E-state index contributed by atoms with van der Waals surface area (Å²) in [5.41, 5.74) is 0. The summed E-state index contributed by atoms with van der Waals surface area (Å²) >= 11 is 0. The Balaban J connectivity index is 3.11. The van der Waals surface area contributed by atoms with Crippen LogP contribution in [0.5, 0.6) is 0 Å². The molecule has 0 rings (SSSR count). The van der Waals surface area contributed by atoms with Crippen molar-refractivity contribution in [3.8, 4) is 0 Å². The molecule has 0 aromatic heterocycles. The predicted molar refractivity (Wildman–Crippen MR) is 28.0 cm³/mol. The molecule has 0 aliphatic heterocycles. The number of rotatable bonds is 3. The summed E-state index contributed by atoms with van der Waals surface area (Å²) in [6, 6.07) is 0. The first-order valence-corrected chi connectivity index (χ1v) is 3.73. The molecule has 4 N–H and O–H groups in total. The van der Waals surface area contributed by atoms with Crippen LogP contribution >= 0.6 is 8.17 Å². The standard InChI is InChI=1S/C2H9O5P/c3-1-2-7-8(4,5)6/h3-6,8H,1-2H2. The van der Waals surface area contributed by atoms with Gasteiger partial charge in [-0.1, -0.05) is 0 Å². The third kappa shape index (κ3) is 6.23. The fourth-order valence-electron chi connectivity index (χ4n) is 0.183. The summed E-state index contributed by atoms with van der Waals surface area (Å²) in [5.74, 6) is 0. The number of hydrogen-bond acceptors (Lipinski definition) is 5. The SMILES string of the molecule is OCCO[PH](O)(O)O. The second-order valence-corrected chi connectivity index (χ2v) is 2.58. The fraction of sp³-hybridized carbons (Fsp3) is 1.00. The van der Waals surface area contributed by atoms with E-state index in [1.165, 1.54) is 0 Å². The summed E-state index contributed by atoms with van der Waals surface area (Å²) < 4.78 is 3.93. The Kier molecular flexibility index (Phi) is 3.39. The van der Waals surface area contributed by atoms with E-state index in [0.29, 0.717) is 0 Å². The van der Waals surface area contributed by atoms with Crippen molar-refractivity contribution in [3.63, 3.8) is 0 Å². The van der Waals surface area contributed by atoms with Gasteiger partial charge < -0.3 is 0 Å². The molecular formula is C2H9O5P. The Morgan fingerprint density at radius 3 is 1.88 bits per heavy atom. The van der Waals surface area contributed by atoms with Gasteiger partial charge in [-0.2, -0.15) is 0 Å². The van der Waals surface area contributed by atoms with E-state index in [-0.39, 0.29) is 13.2 Å². The van der Waals surface area contributed by atoms with Crippen molar-refractivity contribution in [2.75, 3.05) is 13.2 Å². The van der Waals surface area contributed by atoms with Gasteiger partial charge in [0, 0.05) is 0 Å². The van der Waals surface area contributed by atoms with Gasteiger partial charge in [-0.3, -0.25) is 0 Å². The van der Waals surface area contributed by atoms with Crippen LogP contribution in [-0.2, 0) is 4.52 Å². The van der Waals surface area contributed by atoms with Crippen LogP contribution < -0.4 is 0 Å². The summed E-state index contributed by atoms with van der Waals surface area (Å²) in [7, 11) is -4.34. The van der Waals surface area contributed by atoms with Crippen LogP contribution in [0.2, 0.25) is 0 Å². The van der Waals surface area contributed by atoms with Crippen LogP contribution in [0.1, 0.15) is 0 Å². The summed E-state index contributed by atoms with van der Waals surface area (Å²) in [4.78, 5) is 24.2. The number of hydrogen-bond donors (Lipinski definition) is 4. The van der Waals surface area contributed by atoms with Crippen molar-refractivity contribution in [1.29, 1.82) is 0 Å². The first kappa shape index (κ1) is 8.23. The first-order chi connectivity index (χ1) is 3.56. The molecule has 0 saturated heterocycles. The van der Waals surface area contributed by atoms with Gasteiger partial charge in [0.25, 0.3) is 0 Å². The van der Waals surface area contributed by atoms with Crippen LogP contribution in [0.4, 0.5) is 0 Å². The molecule has 0 radical (unpaired) electrons. The zero-order valence-corrected chi connectivity index (χ0v) is 5.11. The van der Waals surface area contributed by atoms with E-state index in [0.717, 1.165) is 0 Å². The molecule has 0 aromatic carbocycles. The maximum atomic E-state index is 8.07. The molecule has 0 fully saturated rings. The Bertz CT molecular complexity index is 57.9. The van der Waals surface area contributed by atoms with Crippen LogP contribution in [0.25, 0.3) is 0 Å². The monoisotopic (exact) mass is 144 g/mol. The Labute approximate surface area is 46.8 Å². The van der Waals surface area contributed by atoms with Crippen molar-refractivity contribution in [3.05, 3.63) is 0 Å². The van der Waals surface area contributed by atoms with Gasteiger partial charge in [0.2, 0.25) is 0 Å². The molecule has 0 aliphatic carbocycles. The summed E-state index contributed by atoms with van der Waals surface area (Å²) in [6.07, 6.45) is 0. The number of aliphatic hydroxyl groups excluding tert-OH is 1. The van der Waals surface area contributed by atoms with E-state index in [1.54, 1.807) is 0 Å². The van der Waals surface area contributed by atoms with Gasteiger partial charge >= 0.3 is 45.7 Å². The third-order valence-electron chi connectivity index (χ3n) is 0.387. The molecule has 0 aliphatic rings. The summed E-state index contributed by atoms with van der Waals surface area (Å²) in [5, 5.41) is 7.99. The molecule has 0 saturated carbocycles. The van der Waals surface area contributed by atoms with Crippen molar-refractivity contribution in [1.82, 2.24) is 0 Å². The maximum absolute atomic E-state index is 8.07. The van der Waals surface area contributed by atoms with E-state index in [2.05, 4.69) is 4.52 Å². The van der Waals surface area contributed by atoms with Crippen molar-refractivity contribution in [2.24, 2.45) is 0 Å². The molecule has 0 bridgehead atoms. The Morgan fingerprint density at radius 1 is 1.25 bits per heavy atom. The molecule has 0 amide bonds. The molecule has 0 unspecified atom stereocenters. The quantitative estimate of drug-likeness (QED) is 0.357. The average molecular weight is 144 g/mol. The van der Waals surface area contributed by atoms with Crippen LogP contribution in [-0.4, -0.2) is 33.0 Å². The summed E-state index contributed by atoms with van der Waals surface area (Å²) in [6.45, 7) is -0.591. The first-order valence-electron chi connectivity index (χ1n) is 1.98. The van der Waals surface area contributed by atoms with E-state index >= 15 is 0 Å². The van der Waals surface area contributed by atoms with Crippen LogP contribution in [0.3, 0.4) is 0 Å². The zero-order chi connectivity index (χ0) is 6.62. The molecule has 6 heteroatoms. The second kappa shape index (κ2) is 3.29. The molecule has 52 valence electrons. The van der Waals surface area contributed by atoms with Crippen LogP contribution in [0.15, 0.2) is 0 Å². The molecule has 0 atom stereocenters. The Morgan fingerprint density at radius 2 is 1.75 bits per heavy atom. The minimum absolute atomic E-state index is 0.254. The molecule has 0 heterocycles. The van der Waals surface area contributed by atoms with Crippen molar-refractivity contribution in [2.45, 2.75) is 0 Å². The molecule has 8 heavy (non-hydrogen) atoms. The van der Waals surface area contributed by atoms with Gasteiger partial charge in [-0.25, -0.2) is 0 Å². The van der Waals surface area contributed by atoms with Gasteiger partial charge in [0.05, 0.1) is 0 Å². The minimum atomic E-state index is -4.34. The molecule has 0 spiro atoms. The topological polar surface area (TPSA) is 90.2 Å². The predicted octanol–water partition coefficient (Wildman–Crippen LogP) is -1.62. The van der Waals surface area contributed by atoms with Gasteiger partial charge in [0.1, 0.15) is 0 Å². The van der Waals surface area contributed by atoms with Gasteiger partial charge in [-0.05, 0) is 0 Å². The van der Waals surface area contributed by atoms with Crippen LogP contribution in [0, 0.1) is 0 Å².